The lowest BCUT2D eigenvalue weighted by Crippen LogP contribution is -2.23. The van der Waals surface area contributed by atoms with Crippen LogP contribution in [0.15, 0.2) is 18.2 Å². The van der Waals surface area contributed by atoms with Crippen molar-refractivity contribution in [1.29, 1.82) is 0 Å². The molecular weight excluding hydrogens is 218 g/mol. The van der Waals surface area contributed by atoms with Crippen molar-refractivity contribution >= 4 is 6.41 Å². The van der Waals surface area contributed by atoms with Crippen LogP contribution in [0.4, 0.5) is 0 Å². The summed E-state index contributed by atoms with van der Waals surface area (Å²) in [5.74, 6) is 0.698. The number of carbonyl (C=O) groups is 1. The van der Waals surface area contributed by atoms with Crippen LogP contribution in [0.3, 0.4) is 0 Å². The maximum atomic E-state index is 10.5. The molecule has 0 fully saturated rings. The van der Waals surface area contributed by atoms with E-state index in [0.717, 1.165) is 18.4 Å². The van der Waals surface area contributed by atoms with E-state index in [1.807, 2.05) is 18.2 Å². The number of carbonyl (C=O) groups excluding carboxylic acids is 1. The lowest BCUT2D eigenvalue weighted by molar-refractivity contribution is -0.110. The fourth-order valence-corrected chi connectivity index (χ4v) is 1.81. The Kier molecular flexibility index (Phi) is 5.49. The minimum absolute atomic E-state index is 0.151. The number of aryl methyl sites for hydroxylation is 1. The summed E-state index contributed by atoms with van der Waals surface area (Å²) in [5.41, 5.74) is 1.98. The van der Waals surface area contributed by atoms with Crippen LogP contribution in [-0.2, 0) is 11.2 Å². The van der Waals surface area contributed by atoms with E-state index < -0.39 is 6.04 Å². The number of nitrogens with one attached hydrogen (secondary N) is 1. The highest BCUT2D eigenvalue weighted by Crippen LogP contribution is 2.26. The molecule has 1 aromatic rings. The van der Waals surface area contributed by atoms with E-state index >= 15 is 0 Å². The fraction of sp³-hybridized carbons (Fsp3) is 0.462. The summed E-state index contributed by atoms with van der Waals surface area (Å²) >= 11 is 0. The fourth-order valence-electron chi connectivity index (χ4n) is 1.81. The number of benzene rings is 1. The molecule has 4 heteroatoms. The molecule has 2 N–H and O–H groups in total. The van der Waals surface area contributed by atoms with Gasteiger partial charge in [0.05, 0.1) is 19.8 Å². The lowest BCUT2D eigenvalue weighted by atomic mass is 10.0. The monoisotopic (exact) mass is 237 g/mol. The average molecular weight is 237 g/mol. The largest absolute Gasteiger partial charge is 0.496 e. The Morgan fingerprint density at radius 3 is 2.82 bits per heavy atom. The van der Waals surface area contributed by atoms with Gasteiger partial charge >= 0.3 is 0 Å². The summed E-state index contributed by atoms with van der Waals surface area (Å²) < 4.78 is 5.29. The molecule has 0 spiro atoms. The Balaban J connectivity index is 3.01. The zero-order chi connectivity index (χ0) is 12.7. The molecule has 4 nitrogen and oxygen atoms in total. The summed E-state index contributed by atoms with van der Waals surface area (Å²) in [6.07, 6.45) is 2.64. The molecule has 0 saturated heterocycles. The number of aliphatic hydroxyl groups excluding tert-OH is 1. The molecule has 17 heavy (non-hydrogen) atoms. The maximum absolute atomic E-state index is 10.5. The van der Waals surface area contributed by atoms with Gasteiger partial charge in [-0.2, -0.15) is 0 Å². The molecule has 1 atom stereocenters. The van der Waals surface area contributed by atoms with Gasteiger partial charge in [-0.3, -0.25) is 4.79 Å². The van der Waals surface area contributed by atoms with Crippen LogP contribution in [0.25, 0.3) is 0 Å². The van der Waals surface area contributed by atoms with Crippen LogP contribution in [0.2, 0.25) is 0 Å². The van der Waals surface area contributed by atoms with E-state index in [9.17, 15) is 9.90 Å². The molecule has 94 valence electrons. The van der Waals surface area contributed by atoms with Crippen molar-refractivity contribution in [3.63, 3.8) is 0 Å². The van der Waals surface area contributed by atoms with Crippen molar-refractivity contribution < 1.29 is 14.6 Å². The van der Waals surface area contributed by atoms with Crippen molar-refractivity contribution in [3.8, 4) is 5.75 Å². The molecular formula is C13H19NO3. The third-order valence-electron chi connectivity index (χ3n) is 2.66. The minimum atomic E-state index is -0.418. The van der Waals surface area contributed by atoms with Crippen LogP contribution < -0.4 is 10.1 Å². The van der Waals surface area contributed by atoms with E-state index in [2.05, 4.69) is 12.2 Å². The lowest BCUT2D eigenvalue weighted by Gasteiger charge is -2.17. The molecule has 0 saturated carbocycles. The van der Waals surface area contributed by atoms with E-state index in [1.165, 1.54) is 5.56 Å². The smallest absolute Gasteiger partial charge is 0.207 e. The Morgan fingerprint density at radius 1 is 1.53 bits per heavy atom. The second kappa shape index (κ2) is 6.91. The number of aliphatic hydroxyl groups is 1. The van der Waals surface area contributed by atoms with Crippen LogP contribution in [0.5, 0.6) is 5.75 Å². The molecule has 1 aromatic carbocycles. The Morgan fingerprint density at radius 2 is 2.29 bits per heavy atom. The highest BCUT2D eigenvalue weighted by Gasteiger charge is 2.14. The zero-order valence-corrected chi connectivity index (χ0v) is 10.3. The van der Waals surface area contributed by atoms with Crippen molar-refractivity contribution in [2.24, 2.45) is 0 Å². The van der Waals surface area contributed by atoms with Crippen molar-refractivity contribution in [1.82, 2.24) is 5.32 Å². The summed E-state index contributed by atoms with van der Waals surface area (Å²) in [4.78, 5) is 10.5. The normalized spacial score (nSPS) is 11.9. The van der Waals surface area contributed by atoms with Gasteiger partial charge in [0.2, 0.25) is 6.41 Å². The first-order valence-corrected chi connectivity index (χ1v) is 5.74. The number of hydrogen-bond acceptors (Lipinski definition) is 3. The summed E-state index contributed by atoms with van der Waals surface area (Å²) in [6, 6.07) is 5.42. The topological polar surface area (TPSA) is 58.6 Å². The predicted octanol–water partition coefficient (Wildman–Crippen LogP) is 1.43. The molecule has 1 rings (SSSR count). The van der Waals surface area contributed by atoms with Crippen molar-refractivity contribution in [3.05, 3.63) is 29.3 Å². The second-order valence-electron chi connectivity index (χ2n) is 3.85. The number of methoxy groups -OCH3 is 1. The molecule has 0 heterocycles. The predicted molar refractivity (Wildman–Crippen MR) is 66.0 cm³/mol. The highest BCUT2D eigenvalue weighted by atomic mass is 16.5. The summed E-state index contributed by atoms with van der Waals surface area (Å²) in [7, 11) is 1.59. The summed E-state index contributed by atoms with van der Waals surface area (Å²) in [6.45, 7) is 1.97. The first-order valence-electron chi connectivity index (χ1n) is 5.74. The molecule has 0 unspecified atom stereocenters. The Labute approximate surface area is 102 Å². The minimum Gasteiger partial charge on any atom is -0.496 e. The number of ether oxygens (including phenoxy) is 1. The Bertz CT molecular complexity index is 366. The van der Waals surface area contributed by atoms with Gasteiger partial charge in [0.25, 0.3) is 0 Å². The molecule has 0 radical (unpaired) electrons. The van der Waals surface area contributed by atoms with E-state index in [-0.39, 0.29) is 6.61 Å². The zero-order valence-electron chi connectivity index (χ0n) is 10.3. The van der Waals surface area contributed by atoms with E-state index in [4.69, 9.17) is 4.74 Å². The standard InChI is InChI=1S/C13H19NO3/c1-3-4-10-5-6-11(13(7-10)17-2)12(8-15)14-9-16/h5-7,9,12,15H,3-4,8H2,1-2H3,(H,14,16)/t12-/m0/s1. The quantitative estimate of drug-likeness (QED) is 0.705. The van der Waals surface area contributed by atoms with Crippen molar-refractivity contribution in [2.45, 2.75) is 25.8 Å². The Hall–Kier alpha value is -1.55. The second-order valence-corrected chi connectivity index (χ2v) is 3.85. The van der Waals surface area contributed by atoms with Gasteiger partial charge in [-0.25, -0.2) is 0 Å². The first-order chi connectivity index (χ1) is 8.26. The van der Waals surface area contributed by atoms with Gasteiger partial charge < -0.3 is 15.2 Å². The molecule has 0 aliphatic carbocycles. The van der Waals surface area contributed by atoms with Crippen LogP contribution in [0.1, 0.15) is 30.5 Å². The SMILES string of the molecule is CCCc1ccc([C@H](CO)NC=O)c(OC)c1. The van der Waals surface area contributed by atoms with Crippen LogP contribution in [-0.4, -0.2) is 25.2 Å². The first kappa shape index (κ1) is 13.5. The van der Waals surface area contributed by atoms with Crippen LogP contribution >= 0.6 is 0 Å². The van der Waals surface area contributed by atoms with Crippen LogP contribution in [0, 0.1) is 0 Å². The summed E-state index contributed by atoms with van der Waals surface area (Å²) in [5, 5.41) is 11.8. The maximum Gasteiger partial charge on any atom is 0.207 e. The average Bonchev–Trinajstić information content (AvgIpc) is 2.36. The third-order valence-corrected chi connectivity index (χ3v) is 2.66. The molecule has 0 aliphatic rings. The van der Waals surface area contributed by atoms with Gasteiger partial charge in [0.15, 0.2) is 0 Å². The van der Waals surface area contributed by atoms with E-state index in [0.29, 0.717) is 12.2 Å². The number of rotatable bonds is 7. The molecule has 0 bridgehead atoms. The molecule has 0 aromatic heterocycles. The third kappa shape index (κ3) is 3.46. The number of amides is 1. The highest BCUT2D eigenvalue weighted by molar-refractivity contribution is 5.50. The van der Waals surface area contributed by atoms with Gasteiger partial charge in [-0.1, -0.05) is 25.5 Å². The van der Waals surface area contributed by atoms with Gasteiger partial charge in [0.1, 0.15) is 5.75 Å². The van der Waals surface area contributed by atoms with Gasteiger partial charge in [-0.15, -0.1) is 0 Å². The molecule has 0 aliphatic heterocycles. The van der Waals surface area contributed by atoms with Gasteiger partial charge in [0, 0.05) is 5.56 Å². The van der Waals surface area contributed by atoms with Gasteiger partial charge in [-0.05, 0) is 18.1 Å². The molecule has 1 amide bonds. The number of hydrogen-bond donors (Lipinski definition) is 2. The van der Waals surface area contributed by atoms with Crippen molar-refractivity contribution in [2.75, 3.05) is 13.7 Å². The van der Waals surface area contributed by atoms with E-state index in [1.54, 1.807) is 7.11 Å².